The third kappa shape index (κ3) is 5.34. The van der Waals surface area contributed by atoms with Gasteiger partial charge >= 0.3 is 6.85 Å². The fourth-order valence-electron chi connectivity index (χ4n) is 9.29. The Morgan fingerprint density at radius 3 is 1.81 bits per heavy atom. The van der Waals surface area contributed by atoms with Crippen LogP contribution in [0.4, 0.5) is 28.4 Å². The number of benzene rings is 6. The molecule has 0 N–H and O–H groups in total. The van der Waals surface area contributed by atoms with Gasteiger partial charge < -0.3 is 18.9 Å². The predicted molar refractivity (Wildman–Crippen MR) is 242 cm³/mol. The number of ether oxygens (including phenoxy) is 1. The van der Waals surface area contributed by atoms with Gasteiger partial charge in [0.15, 0.2) is 5.75 Å². The van der Waals surface area contributed by atoms with Gasteiger partial charge in [-0.25, -0.2) is 0 Å². The number of rotatable bonds is 1. The van der Waals surface area contributed by atoms with Crippen LogP contribution in [0, 0.1) is 0 Å². The molecule has 0 saturated carbocycles. The number of hydrogen-bond acceptors (Lipinski definition) is 4. The fraction of sp³-hybridized carbons (Fsp3) is 0.308. The van der Waals surface area contributed by atoms with E-state index in [1.165, 1.54) is 44.6 Å². The Bertz CT molecular complexity index is 2820. The van der Waals surface area contributed by atoms with Gasteiger partial charge in [-0.3, -0.25) is 0 Å². The van der Waals surface area contributed by atoms with Crippen molar-refractivity contribution in [1.82, 2.24) is 0 Å². The molecule has 6 aromatic carbocycles. The molecule has 0 fully saturated rings. The minimum absolute atomic E-state index is 0.0323. The maximum atomic E-state index is 7.12. The normalized spacial score (nSPS) is 14.7. The van der Waals surface area contributed by atoms with Crippen LogP contribution in [0.5, 0.6) is 11.5 Å². The van der Waals surface area contributed by atoms with E-state index >= 15 is 0 Å². The van der Waals surface area contributed by atoms with Crippen molar-refractivity contribution in [2.45, 2.75) is 105 Å². The van der Waals surface area contributed by atoms with Crippen molar-refractivity contribution in [2.75, 3.05) is 9.71 Å². The summed E-state index contributed by atoms with van der Waals surface area (Å²) in [5.74, 6) is 1.79. The molecule has 0 saturated heterocycles. The van der Waals surface area contributed by atoms with Gasteiger partial charge in [0.2, 0.25) is 0 Å². The van der Waals surface area contributed by atoms with Crippen molar-refractivity contribution >= 4 is 68.1 Å². The molecule has 57 heavy (non-hydrogen) atoms. The number of para-hydroxylation sites is 1. The van der Waals surface area contributed by atoms with Crippen molar-refractivity contribution < 1.29 is 9.15 Å². The highest BCUT2D eigenvalue weighted by atomic mass is 16.5. The first-order chi connectivity index (χ1) is 26.8. The van der Waals surface area contributed by atoms with Crippen molar-refractivity contribution in [3.63, 3.8) is 0 Å². The average Bonchev–Trinajstić information content (AvgIpc) is 3.51. The average molecular weight is 749 g/mol. The molecule has 0 aliphatic carbocycles. The minimum Gasteiger partial charge on any atom is -0.455 e. The van der Waals surface area contributed by atoms with Gasteiger partial charge in [0.25, 0.3) is 0 Å². The summed E-state index contributed by atoms with van der Waals surface area (Å²) in [6.07, 6.45) is 0. The molecule has 286 valence electrons. The highest BCUT2D eigenvalue weighted by molar-refractivity contribution is 6.94. The van der Waals surface area contributed by atoms with Gasteiger partial charge in [-0.1, -0.05) is 132 Å². The van der Waals surface area contributed by atoms with E-state index in [0.717, 1.165) is 61.6 Å². The maximum Gasteiger partial charge on any atom is 0.333 e. The molecular weight excluding hydrogens is 695 g/mol. The summed E-state index contributed by atoms with van der Waals surface area (Å²) < 4.78 is 14.1. The zero-order valence-electron chi connectivity index (χ0n) is 35.6. The second-order valence-electron chi connectivity index (χ2n) is 20.7. The van der Waals surface area contributed by atoms with Crippen LogP contribution in [0.1, 0.15) is 105 Å². The molecule has 4 nitrogen and oxygen atoms in total. The van der Waals surface area contributed by atoms with Crippen LogP contribution in [-0.4, -0.2) is 6.85 Å². The van der Waals surface area contributed by atoms with Crippen molar-refractivity contribution in [3.8, 4) is 22.6 Å². The number of nitrogens with zero attached hydrogens (tertiary/aromatic N) is 2. The lowest BCUT2D eigenvalue weighted by Crippen LogP contribution is -2.62. The Labute approximate surface area is 338 Å². The number of furan rings is 1. The van der Waals surface area contributed by atoms with Crippen LogP contribution in [0.25, 0.3) is 33.1 Å². The van der Waals surface area contributed by atoms with E-state index in [-0.39, 0.29) is 28.5 Å². The van der Waals surface area contributed by atoms with Crippen LogP contribution >= 0.6 is 0 Å². The summed E-state index contributed by atoms with van der Waals surface area (Å²) in [5.41, 5.74) is 17.3. The highest BCUT2D eigenvalue weighted by Gasteiger charge is 2.50. The van der Waals surface area contributed by atoms with E-state index < -0.39 is 0 Å². The molecule has 1 aromatic heterocycles. The highest BCUT2D eigenvalue weighted by Crippen LogP contribution is 2.58. The molecule has 3 aliphatic rings. The Kier molecular flexibility index (Phi) is 7.31. The summed E-state index contributed by atoms with van der Waals surface area (Å²) in [5, 5.41) is 2.25. The summed E-state index contributed by atoms with van der Waals surface area (Å²) in [6, 6.07) is 39.0. The smallest absolute Gasteiger partial charge is 0.333 e. The standard InChI is InChI=1S/C52H53BN2O2/c1-49(2,3)30-17-21-34(22-18-30)54-40-26-31(50(4,5)6)19-23-38(40)53-46-41(54)29-36-35-15-13-14-16-42(35)57-48(36)45(46)37-25-33(52(10,11)12)28-44-47(37)55(53)39-24-20-32(51(7,8)9)27-43(39)56-44/h13-29H,1-12H3. The molecule has 3 aliphatic heterocycles. The van der Waals surface area contributed by atoms with Crippen molar-refractivity contribution in [1.29, 1.82) is 0 Å². The second kappa shape index (κ2) is 11.6. The molecule has 0 bridgehead atoms. The molecule has 0 spiro atoms. The summed E-state index contributed by atoms with van der Waals surface area (Å²) >= 11 is 0. The van der Waals surface area contributed by atoms with E-state index in [9.17, 15) is 0 Å². The molecular formula is C52H53BN2O2. The molecule has 0 amide bonds. The van der Waals surface area contributed by atoms with E-state index in [4.69, 9.17) is 9.15 Å². The number of fused-ring (bicyclic) bond motifs is 10. The van der Waals surface area contributed by atoms with Gasteiger partial charge in [0, 0.05) is 39.0 Å². The first-order valence-electron chi connectivity index (χ1n) is 20.6. The predicted octanol–water partition coefficient (Wildman–Crippen LogP) is 13.6. The van der Waals surface area contributed by atoms with Gasteiger partial charge in [-0.15, -0.1) is 0 Å². The SMILES string of the molecule is CC(C)(C)c1ccc(N2c3cc(C(C)(C)C)ccc3B3c4c2cc2c(oc5ccccc52)c4-c2cc(C(C)(C)C)cc4c2N3c2ccc(C(C)(C)C)cc2O4)cc1. The van der Waals surface area contributed by atoms with Gasteiger partial charge in [-0.05, 0) is 109 Å². The van der Waals surface area contributed by atoms with Crippen LogP contribution in [0.15, 0.2) is 108 Å². The molecule has 0 atom stereocenters. The first-order valence-corrected chi connectivity index (χ1v) is 20.6. The Balaban J connectivity index is 1.38. The maximum absolute atomic E-state index is 7.12. The Morgan fingerprint density at radius 1 is 0.509 bits per heavy atom. The van der Waals surface area contributed by atoms with Crippen molar-refractivity contribution in [3.05, 3.63) is 125 Å². The molecule has 0 radical (unpaired) electrons. The third-order valence-corrected chi connectivity index (χ3v) is 12.6. The van der Waals surface area contributed by atoms with Gasteiger partial charge in [0.05, 0.1) is 11.4 Å². The third-order valence-electron chi connectivity index (χ3n) is 12.6. The summed E-state index contributed by atoms with van der Waals surface area (Å²) in [7, 11) is 0. The largest absolute Gasteiger partial charge is 0.455 e. The van der Waals surface area contributed by atoms with Gasteiger partial charge in [-0.2, -0.15) is 0 Å². The second-order valence-corrected chi connectivity index (χ2v) is 20.7. The zero-order valence-corrected chi connectivity index (χ0v) is 35.6. The number of anilines is 5. The van der Waals surface area contributed by atoms with Crippen LogP contribution in [0.3, 0.4) is 0 Å². The van der Waals surface area contributed by atoms with Crippen LogP contribution < -0.4 is 25.4 Å². The van der Waals surface area contributed by atoms with E-state index in [2.05, 4.69) is 196 Å². The monoisotopic (exact) mass is 748 g/mol. The lowest BCUT2D eigenvalue weighted by molar-refractivity contribution is 0.470. The summed E-state index contributed by atoms with van der Waals surface area (Å²) in [4.78, 5) is 5.13. The molecule has 0 unspecified atom stereocenters. The Morgan fingerprint density at radius 2 is 1.12 bits per heavy atom. The lowest BCUT2D eigenvalue weighted by atomic mass is 9.43. The first kappa shape index (κ1) is 36.0. The fourth-order valence-corrected chi connectivity index (χ4v) is 9.29. The van der Waals surface area contributed by atoms with Crippen LogP contribution in [0.2, 0.25) is 0 Å². The van der Waals surface area contributed by atoms with E-state index in [1.54, 1.807) is 0 Å². The molecule has 4 heterocycles. The topological polar surface area (TPSA) is 28.9 Å². The van der Waals surface area contributed by atoms with Crippen molar-refractivity contribution in [2.24, 2.45) is 0 Å². The lowest BCUT2D eigenvalue weighted by Gasteiger charge is -2.48. The van der Waals surface area contributed by atoms with E-state index in [1.807, 2.05) is 0 Å². The van der Waals surface area contributed by atoms with E-state index in [0.29, 0.717) is 0 Å². The molecule has 5 heteroatoms. The Hall–Kier alpha value is -5.42. The molecule has 7 aromatic rings. The van der Waals surface area contributed by atoms with Crippen LogP contribution in [-0.2, 0) is 21.7 Å². The quantitative estimate of drug-likeness (QED) is 0.156. The van der Waals surface area contributed by atoms with Gasteiger partial charge in [0.1, 0.15) is 16.9 Å². The number of hydrogen-bond donors (Lipinski definition) is 0. The molecule has 10 rings (SSSR count). The minimum atomic E-state index is -0.142. The zero-order chi connectivity index (χ0) is 40.1. The summed E-state index contributed by atoms with van der Waals surface area (Å²) in [6.45, 7) is 27.4.